The van der Waals surface area contributed by atoms with Gasteiger partial charge < -0.3 is 10.2 Å². The summed E-state index contributed by atoms with van der Waals surface area (Å²) < 4.78 is 32.0. The van der Waals surface area contributed by atoms with E-state index in [1.54, 1.807) is 12.1 Å². The minimum absolute atomic E-state index is 0.0358. The first-order valence-electron chi connectivity index (χ1n) is 5.36. The molecule has 17 heavy (non-hydrogen) atoms. The zero-order valence-corrected chi connectivity index (χ0v) is 9.41. The van der Waals surface area contributed by atoms with Crippen molar-refractivity contribution < 1.29 is 13.2 Å². The fourth-order valence-corrected chi connectivity index (χ4v) is 1.64. The molecule has 0 radical (unpaired) electrons. The van der Waals surface area contributed by atoms with E-state index in [1.807, 2.05) is 6.92 Å². The van der Waals surface area contributed by atoms with E-state index in [2.05, 4.69) is 0 Å². The molecule has 0 spiro atoms. The molecule has 0 fully saturated rings. The first-order chi connectivity index (χ1) is 8.08. The van der Waals surface area contributed by atoms with Crippen LogP contribution in [-0.4, -0.2) is 6.04 Å². The number of hydrogen-bond acceptors (Lipinski definition) is 2. The molecule has 0 saturated carbocycles. The lowest BCUT2D eigenvalue weighted by molar-refractivity contribution is 0.486. The lowest BCUT2D eigenvalue weighted by Crippen LogP contribution is -2.17. The van der Waals surface area contributed by atoms with Gasteiger partial charge >= 0.3 is 0 Å². The molecule has 90 valence electrons. The first kappa shape index (κ1) is 11.8. The van der Waals surface area contributed by atoms with Crippen molar-refractivity contribution in [1.82, 2.24) is 0 Å². The van der Waals surface area contributed by atoms with Crippen LogP contribution in [0.2, 0.25) is 0 Å². The van der Waals surface area contributed by atoms with Crippen LogP contribution in [0.4, 0.5) is 8.78 Å². The van der Waals surface area contributed by atoms with Crippen LogP contribution in [0.25, 0.3) is 11.3 Å². The quantitative estimate of drug-likeness (QED) is 0.890. The van der Waals surface area contributed by atoms with Gasteiger partial charge in [-0.3, -0.25) is 0 Å². The molecule has 2 rings (SSSR count). The van der Waals surface area contributed by atoms with Crippen molar-refractivity contribution >= 4 is 0 Å². The molecule has 2 N–H and O–H groups in total. The first-order valence-corrected chi connectivity index (χ1v) is 5.36. The lowest BCUT2D eigenvalue weighted by atomic mass is 10.1. The summed E-state index contributed by atoms with van der Waals surface area (Å²) in [6.45, 7) is 1.85. The molecule has 0 saturated heterocycles. The van der Waals surface area contributed by atoms with Gasteiger partial charge in [0.05, 0.1) is 5.56 Å². The van der Waals surface area contributed by atoms with E-state index < -0.39 is 11.6 Å². The highest BCUT2D eigenvalue weighted by Crippen LogP contribution is 2.26. The number of furan rings is 1. The number of benzene rings is 1. The third-order valence-electron chi connectivity index (χ3n) is 2.40. The smallest absolute Gasteiger partial charge is 0.169 e. The molecule has 4 heteroatoms. The molecule has 1 heterocycles. The summed E-state index contributed by atoms with van der Waals surface area (Å²) in [7, 11) is 0. The Bertz CT molecular complexity index is 520. The van der Waals surface area contributed by atoms with Gasteiger partial charge in [0, 0.05) is 12.5 Å². The molecule has 0 aliphatic carbocycles. The average molecular weight is 237 g/mol. The highest BCUT2D eigenvalue weighted by molar-refractivity contribution is 5.58. The van der Waals surface area contributed by atoms with Crippen LogP contribution in [0.3, 0.4) is 0 Å². The van der Waals surface area contributed by atoms with Gasteiger partial charge in [-0.05, 0) is 31.2 Å². The third-order valence-corrected chi connectivity index (χ3v) is 2.40. The molecule has 1 unspecified atom stereocenters. The molecule has 0 aliphatic heterocycles. The van der Waals surface area contributed by atoms with Crippen LogP contribution >= 0.6 is 0 Å². The summed E-state index contributed by atoms with van der Waals surface area (Å²) in [4.78, 5) is 0. The highest BCUT2D eigenvalue weighted by atomic mass is 19.2. The summed E-state index contributed by atoms with van der Waals surface area (Å²) >= 11 is 0. The predicted molar refractivity (Wildman–Crippen MR) is 61.4 cm³/mol. The van der Waals surface area contributed by atoms with Crippen LogP contribution < -0.4 is 5.73 Å². The second-order valence-electron chi connectivity index (χ2n) is 4.05. The standard InChI is InChI=1S/C13H13F2NO/c1-8(16)7-9-5-6-12(17-9)10-3-2-4-11(14)13(10)15/h2-6,8H,7,16H2,1H3. The normalized spacial score (nSPS) is 12.7. The Morgan fingerprint density at radius 3 is 2.71 bits per heavy atom. The second-order valence-corrected chi connectivity index (χ2v) is 4.05. The van der Waals surface area contributed by atoms with Crippen molar-refractivity contribution in [3.63, 3.8) is 0 Å². The van der Waals surface area contributed by atoms with Crippen LogP contribution in [0.15, 0.2) is 34.7 Å². The number of hydrogen-bond donors (Lipinski definition) is 1. The maximum absolute atomic E-state index is 13.5. The van der Waals surface area contributed by atoms with E-state index in [9.17, 15) is 8.78 Å². The van der Waals surface area contributed by atoms with Crippen molar-refractivity contribution in [2.45, 2.75) is 19.4 Å². The van der Waals surface area contributed by atoms with Gasteiger partial charge in [-0.2, -0.15) is 0 Å². The second kappa shape index (κ2) is 4.67. The van der Waals surface area contributed by atoms with Gasteiger partial charge in [0.1, 0.15) is 11.5 Å². The molecule has 0 amide bonds. The van der Waals surface area contributed by atoms with Gasteiger partial charge in [0.15, 0.2) is 11.6 Å². The Balaban J connectivity index is 2.34. The average Bonchev–Trinajstić information content (AvgIpc) is 2.69. The van der Waals surface area contributed by atoms with Crippen LogP contribution in [-0.2, 0) is 6.42 Å². The van der Waals surface area contributed by atoms with E-state index >= 15 is 0 Å². The van der Waals surface area contributed by atoms with Gasteiger partial charge in [0.25, 0.3) is 0 Å². The molecular weight excluding hydrogens is 224 g/mol. The van der Waals surface area contributed by atoms with Gasteiger partial charge in [-0.15, -0.1) is 0 Å². The molecule has 2 nitrogen and oxygen atoms in total. The van der Waals surface area contributed by atoms with Gasteiger partial charge in [-0.25, -0.2) is 8.78 Å². The molecular formula is C13H13F2NO. The Hall–Kier alpha value is -1.68. The third kappa shape index (κ3) is 2.53. The zero-order chi connectivity index (χ0) is 12.4. The topological polar surface area (TPSA) is 39.2 Å². The summed E-state index contributed by atoms with van der Waals surface area (Å²) in [5, 5.41) is 0. The Morgan fingerprint density at radius 1 is 1.24 bits per heavy atom. The summed E-state index contributed by atoms with van der Waals surface area (Å²) in [5.74, 6) is -0.793. The summed E-state index contributed by atoms with van der Waals surface area (Å²) in [6.07, 6.45) is 0.566. The number of rotatable bonds is 3. The van der Waals surface area contributed by atoms with E-state index in [1.165, 1.54) is 12.1 Å². The van der Waals surface area contributed by atoms with Crippen molar-refractivity contribution in [1.29, 1.82) is 0 Å². The maximum Gasteiger partial charge on any atom is 0.169 e. The van der Waals surface area contributed by atoms with Crippen LogP contribution in [0.5, 0.6) is 0 Å². The van der Waals surface area contributed by atoms with E-state index in [0.29, 0.717) is 17.9 Å². The Labute approximate surface area is 98.0 Å². The van der Waals surface area contributed by atoms with E-state index in [0.717, 1.165) is 6.07 Å². The van der Waals surface area contributed by atoms with Crippen LogP contribution in [0, 0.1) is 11.6 Å². The molecule has 1 atom stereocenters. The largest absolute Gasteiger partial charge is 0.461 e. The minimum atomic E-state index is -0.894. The minimum Gasteiger partial charge on any atom is -0.461 e. The number of halogens is 2. The van der Waals surface area contributed by atoms with Crippen molar-refractivity contribution in [3.8, 4) is 11.3 Å². The van der Waals surface area contributed by atoms with E-state index in [-0.39, 0.29) is 11.6 Å². The van der Waals surface area contributed by atoms with Gasteiger partial charge in [0.2, 0.25) is 0 Å². The zero-order valence-electron chi connectivity index (χ0n) is 9.41. The molecule has 0 bridgehead atoms. The fourth-order valence-electron chi connectivity index (χ4n) is 1.64. The van der Waals surface area contributed by atoms with Crippen molar-refractivity contribution in [2.24, 2.45) is 5.73 Å². The van der Waals surface area contributed by atoms with E-state index in [4.69, 9.17) is 10.2 Å². The van der Waals surface area contributed by atoms with Crippen LogP contribution in [0.1, 0.15) is 12.7 Å². The molecule has 1 aromatic heterocycles. The molecule has 2 aromatic rings. The summed E-state index contributed by atoms with van der Waals surface area (Å²) in [5.41, 5.74) is 5.76. The predicted octanol–water partition coefficient (Wildman–Crippen LogP) is 3.11. The SMILES string of the molecule is CC(N)Cc1ccc(-c2cccc(F)c2F)o1. The van der Waals surface area contributed by atoms with Crippen molar-refractivity contribution in [3.05, 3.63) is 47.7 Å². The molecule has 0 aliphatic rings. The Morgan fingerprint density at radius 2 is 2.00 bits per heavy atom. The Kier molecular flexibility index (Phi) is 3.24. The monoisotopic (exact) mass is 237 g/mol. The lowest BCUT2D eigenvalue weighted by Gasteiger charge is -2.02. The molecule has 1 aromatic carbocycles. The maximum atomic E-state index is 13.5. The summed E-state index contributed by atoms with van der Waals surface area (Å²) in [6, 6.07) is 7.31. The fraction of sp³-hybridized carbons (Fsp3) is 0.231. The highest BCUT2D eigenvalue weighted by Gasteiger charge is 2.13. The van der Waals surface area contributed by atoms with Gasteiger partial charge in [-0.1, -0.05) is 6.07 Å². The number of nitrogens with two attached hydrogens (primary N) is 1. The van der Waals surface area contributed by atoms with Crippen molar-refractivity contribution in [2.75, 3.05) is 0 Å².